The molecule has 1 amide bonds. The van der Waals surface area contributed by atoms with Gasteiger partial charge in [-0.1, -0.05) is 18.2 Å². The predicted molar refractivity (Wildman–Crippen MR) is 99.1 cm³/mol. The lowest BCUT2D eigenvalue weighted by molar-refractivity contribution is 0.0713. The Labute approximate surface area is 149 Å². The highest BCUT2D eigenvalue weighted by Gasteiger charge is 2.25. The Bertz CT molecular complexity index is 758. The zero-order valence-corrected chi connectivity index (χ0v) is 14.6. The third-order valence-corrected chi connectivity index (χ3v) is 5.74. The van der Waals surface area contributed by atoms with E-state index in [4.69, 9.17) is 0 Å². The van der Waals surface area contributed by atoms with Crippen molar-refractivity contribution < 1.29 is 9.90 Å². The average molecular weight is 335 g/mol. The first kappa shape index (κ1) is 16.2. The molecule has 1 fully saturated rings. The fourth-order valence-corrected chi connectivity index (χ4v) is 4.21. The van der Waals surface area contributed by atoms with E-state index in [-0.39, 0.29) is 5.91 Å². The van der Waals surface area contributed by atoms with Gasteiger partial charge in [0.2, 0.25) is 0 Å². The van der Waals surface area contributed by atoms with Gasteiger partial charge >= 0.3 is 0 Å². The number of carbonyl (C=O) groups is 1. The average Bonchev–Trinajstić information content (AvgIpc) is 2.68. The second-order valence-corrected chi connectivity index (χ2v) is 7.35. The first-order valence-corrected chi connectivity index (χ1v) is 9.41. The van der Waals surface area contributed by atoms with Gasteiger partial charge in [0.05, 0.1) is 0 Å². The van der Waals surface area contributed by atoms with E-state index in [9.17, 15) is 9.90 Å². The maximum atomic E-state index is 12.9. The smallest absolute Gasteiger partial charge is 0.253 e. The molecule has 0 radical (unpaired) electrons. The van der Waals surface area contributed by atoms with Gasteiger partial charge in [-0.3, -0.25) is 4.79 Å². The molecule has 1 saturated heterocycles. The fraction of sp³-hybridized carbons (Fsp3) is 0.409. The van der Waals surface area contributed by atoms with E-state index in [0.717, 1.165) is 44.3 Å². The Morgan fingerprint density at radius 3 is 2.32 bits per heavy atom. The number of amides is 1. The molecule has 3 heteroatoms. The van der Waals surface area contributed by atoms with Crippen LogP contribution in [0.5, 0.6) is 5.75 Å². The molecule has 2 aromatic rings. The molecule has 0 spiro atoms. The van der Waals surface area contributed by atoms with Crippen molar-refractivity contribution in [2.24, 2.45) is 0 Å². The highest BCUT2D eigenvalue weighted by Crippen LogP contribution is 2.30. The number of likely N-dealkylation sites (tertiary alicyclic amines) is 1. The van der Waals surface area contributed by atoms with Crippen LogP contribution in [-0.2, 0) is 12.8 Å². The number of fused-ring (bicyclic) bond motifs is 1. The highest BCUT2D eigenvalue weighted by molar-refractivity contribution is 5.94. The van der Waals surface area contributed by atoms with E-state index in [1.165, 1.54) is 29.5 Å². The van der Waals surface area contributed by atoms with E-state index < -0.39 is 0 Å². The summed E-state index contributed by atoms with van der Waals surface area (Å²) in [6.07, 6.45) is 6.75. The molecule has 0 atom stereocenters. The van der Waals surface area contributed by atoms with Gasteiger partial charge in [-0.15, -0.1) is 0 Å². The molecule has 1 N–H and O–H groups in total. The number of hydrogen-bond donors (Lipinski definition) is 1. The summed E-state index contributed by atoms with van der Waals surface area (Å²) in [4.78, 5) is 14.9. The van der Waals surface area contributed by atoms with Gasteiger partial charge < -0.3 is 10.0 Å². The number of rotatable bonds is 2. The Kier molecular flexibility index (Phi) is 4.48. The SMILES string of the molecule is O=C(c1ccc2c(c1)CCCC2)N1CCC(c2ccc(O)cc2)CC1. The van der Waals surface area contributed by atoms with Crippen molar-refractivity contribution in [3.63, 3.8) is 0 Å². The molecule has 130 valence electrons. The van der Waals surface area contributed by atoms with Crippen molar-refractivity contribution in [1.29, 1.82) is 0 Å². The summed E-state index contributed by atoms with van der Waals surface area (Å²) < 4.78 is 0. The molecule has 1 heterocycles. The third-order valence-electron chi connectivity index (χ3n) is 5.74. The fourth-order valence-electron chi connectivity index (χ4n) is 4.21. The van der Waals surface area contributed by atoms with Crippen LogP contribution >= 0.6 is 0 Å². The van der Waals surface area contributed by atoms with Crippen LogP contribution in [0.25, 0.3) is 0 Å². The van der Waals surface area contributed by atoms with Crippen LogP contribution in [0.1, 0.15) is 58.6 Å². The zero-order chi connectivity index (χ0) is 17.2. The number of nitrogens with zero attached hydrogens (tertiary/aromatic N) is 1. The minimum absolute atomic E-state index is 0.178. The number of phenolic OH excluding ortho intramolecular Hbond substituents is 1. The number of piperidine rings is 1. The summed E-state index contributed by atoms with van der Waals surface area (Å²) in [6, 6.07) is 13.8. The Balaban J connectivity index is 1.42. The van der Waals surface area contributed by atoms with Crippen molar-refractivity contribution >= 4 is 5.91 Å². The first-order valence-electron chi connectivity index (χ1n) is 9.41. The summed E-state index contributed by atoms with van der Waals surface area (Å²) in [7, 11) is 0. The molecule has 25 heavy (non-hydrogen) atoms. The van der Waals surface area contributed by atoms with Crippen LogP contribution in [-0.4, -0.2) is 29.0 Å². The number of aromatic hydroxyl groups is 1. The summed E-state index contributed by atoms with van der Waals surface area (Å²) in [6.45, 7) is 1.61. The minimum Gasteiger partial charge on any atom is -0.508 e. The molecule has 4 rings (SSSR count). The lowest BCUT2D eigenvalue weighted by Crippen LogP contribution is -2.38. The van der Waals surface area contributed by atoms with Crippen molar-refractivity contribution in [2.75, 3.05) is 13.1 Å². The monoisotopic (exact) mass is 335 g/mol. The molecule has 2 aromatic carbocycles. The Morgan fingerprint density at radius 2 is 1.60 bits per heavy atom. The van der Waals surface area contributed by atoms with Crippen LogP contribution in [0, 0.1) is 0 Å². The van der Waals surface area contributed by atoms with Crippen molar-refractivity contribution in [2.45, 2.75) is 44.4 Å². The number of carbonyl (C=O) groups excluding carboxylic acids is 1. The number of phenols is 1. The van der Waals surface area contributed by atoms with Crippen LogP contribution in [0.15, 0.2) is 42.5 Å². The van der Waals surface area contributed by atoms with Crippen molar-refractivity contribution in [3.8, 4) is 5.75 Å². The zero-order valence-electron chi connectivity index (χ0n) is 14.6. The third kappa shape index (κ3) is 3.41. The normalized spacial score (nSPS) is 18.0. The molecule has 1 aliphatic carbocycles. The van der Waals surface area contributed by atoms with E-state index >= 15 is 0 Å². The van der Waals surface area contributed by atoms with Gasteiger partial charge in [-0.25, -0.2) is 0 Å². The maximum absolute atomic E-state index is 12.9. The van der Waals surface area contributed by atoms with Crippen LogP contribution in [0.4, 0.5) is 0 Å². The highest BCUT2D eigenvalue weighted by atomic mass is 16.3. The molecule has 0 bridgehead atoms. The van der Waals surface area contributed by atoms with Gasteiger partial charge in [0.1, 0.15) is 5.75 Å². The van der Waals surface area contributed by atoms with Crippen molar-refractivity contribution in [3.05, 3.63) is 64.7 Å². The lowest BCUT2D eigenvalue weighted by atomic mass is 9.88. The molecular weight excluding hydrogens is 310 g/mol. The first-order chi connectivity index (χ1) is 12.2. The standard InChI is InChI=1S/C22H25NO2/c24-21-9-7-17(8-10-21)18-11-13-23(14-12-18)22(25)20-6-5-16-3-1-2-4-19(16)15-20/h5-10,15,18,24H,1-4,11-14H2. The van der Waals surface area contributed by atoms with E-state index in [1.54, 1.807) is 12.1 Å². The quantitative estimate of drug-likeness (QED) is 0.889. The number of hydrogen-bond acceptors (Lipinski definition) is 2. The van der Waals surface area contributed by atoms with Crippen LogP contribution in [0.2, 0.25) is 0 Å². The molecule has 0 saturated carbocycles. The van der Waals surface area contributed by atoms with E-state index in [1.807, 2.05) is 23.1 Å². The second kappa shape index (κ2) is 6.91. The molecular formula is C22H25NO2. The summed E-state index contributed by atoms with van der Waals surface area (Å²) in [5, 5.41) is 9.43. The summed E-state index contributed by atoms with van der Waals surface area (Å²) in [5.41, 5.74) is 4.91. The van der Waals surface area contributed by atoms with E-state index in [0.29, 0.717) is 11.7 Å². The van der Waals surface area contributed by atoms with Crippen molar-refractivity contribution in [1.82, 2.24) is 4.90 Å². The molecule has 0 aromatic heterocycles. The van der Waals surface area contributed by atoms with Gasteiger partial charge in [-0.05, 0) is 85.4 Å². The van der Waals surface area contributed by atoms with Crippen LogP contribution in [0.3, 0.4) is 0 Å². The second-order valence-electron chi connectivity index (χ2n) is 7.35. The topological polar surface area (TPSA) is 40.5 Å². The molecule has 2 aliphatic rings. The maximum Gasteiger partial charge on any atom is 0.253 e. The van der Waals surface area contributed by atoms with Gasteiger partial charge in [0.15, 0.2) is 0 Å². The van der Waals surface area contributed by atoms with E-state index in [2.05, 4.69) is 12.1 Å². The Morgan fingerprint density at radius 1 is 0.920 bits per heavy atom. The number of aryl methyl sites for hydroxylation is 2. The minimum atomic E-state index is 0.178. The summed E-state index contributed by atoms with van der Waals surface area (Å²) >= 11 is 0. The molecule has 1 aliphatic heterocycles. The van der Waals surface area contributed by atoms with Gasteiger partial charge in [0.25, 0.3) is 5.91 Å². The molecule has 0 unspecified atom stereocenters. The number of benzene rings is 2. The predicted octanol–water partition coefficient (Wildman–Crippen LogP) is 4.29. The Hall–Kier alpha value is -2.29. The van der Waals surface area contributed by atoms with Crippen LogP contribution < -0.4 is 0 Å². The lowest BCUT2D eigenvalue weighted by Gasteiger charge is -2.32. The van der Waals surface area contributed by atoms with Gasteiger partial charge in [-0.2, -0.15) is 0 Å². The molecule has 3 nitrogen and oxygen atoms in total. The van der Waals surface area contributed by atoms with Gasteiger partial charge in [0, 0.05) is 18.7 Å². The summed E-state index contributed by atoms with van der Waals surface area (Å²) in [5.74, 6) is 0.967. The largest absolute Gasteiger partial charge is 0.508 e.